The summed E-state index contributed by atoms with van der Waals surface area (Å²) < 4.78 is 53.7. The maximum Gasteiger partial charge on any atom is 0.285 e. The molecule has 2 aromatic carbocycles. The molecule has 2 aromatic rings. The fraction of sp³-hybridized carbons (Fsp3) is 0.0667. The first-order valence-corrected chi connectivity index (χ1v) is 10.2. The molecule has 1 aliphatic rings. The molecule has 0 fully saturated rings. The predicted molar refractivity (Wildman–Crippen MR) is 93.5 cm³/mol. The quantitative estimate of drug-likeness (QED) is 0.627. The van der Waals surface area contributed by atoms with Gasteiger partial charge in [-0.2, -0.15) is 8.42 Å². The van der Waals surface area contributed by atoms with Crippen molar-refractivity contribution in [2.24, 2.45) is 4.40 Å². The second-order valence-corrected chi connectivity index (χ2v) is 8.62. The predicted octanol–water partition coefficient (Wildman–Crippen LogP) is -0.0218. The SMILES string of the molecule is CNS(=O)(=O)c1ccccc1C(=O)NNC1=NS(=O)(=O)c2ccccc21. The smallest absolute Gasteiger partial charge is 0.280 e. The Balaban J connectivity index is 1.86. The Morgan fingerprint density at radius 2 is 1.69 bits per heavy atom. The van der Waals surface area contributed by atoms with Crippen LogP contribution in [0.1, 0.15) is 15.9 Å². The van der Waals surface area contributed by atoms with E-state index in [1.54, 1.807) is 12.1 Å². The van der Waals surface area contributed by atoms with Gasteiger partial charge in [-0.1, -0.05) is 24.3 Å². The number of hydrogen-bond donors (Lipinski definition) is 3. The zero-order chi connectivity index (χ0) is 18.9. The lowest BCUT2D eigenvalue weighted by Crippen LogP contribution is -2.42. The van der Waals surface area contributed by atoms with Crippen LogP contribution in [0.15, 0.2) is 62.7 Å². The summed E-state index contributed by atoms with van der Waals surface area (Å²) in [6, 6.07) is 11.8. The highest BCUT2D eigenvalue weighted by molar-refractivity contribution is 7.90. The Morgan fingerprint density at radius 1 is 1.04 bits per heavy atom. The normalized spacial score (nSPS) is 15.0. The summed E-state index contributed by atoms with van der Waals surface area (Å²) in [4.78, 5) is 12.2. The maximum absolute atomic E-state index is 12.4. The fourth-order valence-corrected chi connectivity index (χ4v) is 4.48. The number of nitrogens with zero attached hydrogens (tertiary/aromatic N) is 1. The third-order valence-corrected chi connectivity index (χ3v) is 6.42. The van der Waals surface area contributed by atoms with Crippen molar-refractivity contribution in [3.05, 3.63) is 59.7 Å². The van der Waals surface area contributed by atoms with E-state index in [-0.39, 0.29) is 21.2 Å². The maximum atomic E-state index is 12.4. The number of fused-ring (bicyclic) bond motifs is 1. The average Bonchev–Trinajstić information content (AvgIpc) is 2.90. The topological polar surface area (TPSA) is 134 Å². The van der Waals surface area contributed by atoms with Gasteiger partial charge in [0.1, 0.15) is 4.90 Å². The van der Waals surface area contributed by atoms with E-state index >= 15 is 0 Å². The first-order chi connectivity index (χ1) is 12.3. The summed E-state index contributed by atoms with van der Waals surface area (Å²) in [6.45, 7) is 0. The van der Waals surface area contributed by atoms with Crippen molar-refractivity contribution in [2.45, 2.75) is 9.79 Å². The summed E-state index contributed by atoms with van der Waals surface area (Å²) >= 11 is 0. The van der Waals surface area contributed by atoms with Crippen molar-refractivity contribution in [1.82, 2.24) is 15.6 Å². The van der Waals surface area contributed by atoms with Crippen LogP contribution >= 0.6 is 0 Å². The van der Waals surface area contributed by atoms with E-state index in [9.17, 15) is 21.6 Å². The number of rotatable bonds is 3. The van der Waals surface area contributed by atoms with Gasteiger partial charge in [0.25, 0.3) is 15.9 Å². The molecule has 3 rings (SSSR count). The van der Waals surface area contributed by atoms with Gasteiger partial charge in [-0.3, -0.25) is 15.6 Å². The van der Waals surface area contributed by atoms with E-state index in [2.05, 4.69) is 20.0 Å². The van der Waals surface area contributed by atoms with Crippen molar-refractivity contribution in [3.8, 4) is 0 Å². The Kier molecular flexibility index (Phi) is 4.52. The second-order valence-electron chi connectivity index (χ2n) is 5.19. The summed E-state index contributed by atoms with van der Waals surface area (Å²) in [5.41, 5.74) is 4.93. The number of carbonyl (C=O) groups excluding carboxylic acids is 1. The number of carbonyl (C=O) groups is 1. The molecule has 3 N–H and O–H groups in total. The van der Waals surface area contributed by atoms with Crippen LogP contribution in [0.4, 0.5) is 0 Å². The van der Waals surface area contributed by atoms with Crippen molar-refractivity contribution >= 4 is 31.8 Å². The van der Waals surface area contributed by atoms with Gasteiger partial charge in [0.15, 0.2) is 5.84 Å². The first kappa shape index (κ1) is 18.0. The number of amides is 1. The summed E-state index contributed by atoms with van der Waals surface area (Å²) in [5, 5.41) is 0. The van der Waals surface area contributed by atoms with Crippen molar-refractivity contribution in [1.29, 1.82) is 0 Å². The molecule has 0 bridgehead atoms. The number of hydrogen-bond acceptors (Lipinski definition) is 6. The lowest BCUT2D eigenvalue weighted by atomic mass is 10.2. The zero-order valence-corrected chi connectivity index (χ0v) is 15.1. The zero-order valence-electron chi connectivity index (χ0n) is 13.4. The van der Waals surface area contributed by atoms with Gasteiger partial charge in [-0.25, -0.2) is 13.1 Å². The van der Waals surface area contributed by atoms with Crippen LogP contribution in [0.3, 0.4) is 0 Å². The standard InChI is InChI=1S/C15H14N4O5S2/c1-16-25(21,22)13-9-5-3-7-11(13)15(20)18-17-14-10-6-2-4-8-12(10)26(23,24)19-14/h2-9,16H,1H3,(H,17,19)(H,18,20). The number of hydrazine groups is 1. The Hall–Kier alpha value is -2.76. The van der Waals surface area contributed by atoms with E-state index in [1.165, 1.54) is 43.4 Å². The van der Waals surface area contributed by atoms with Crippen LogP contribution in [0.5, 0.6) is 0 Å². The molecule has 0 aromatic heterocycles. The largest absolute Gasteiger partial charge is 0.285 e. The fourth-order valence-electron chi connectivity index (χ4n) is 2.38. The highest BCUT2D eigenvalue weighted by Gasteiger charge is 2.29. The van der Waals surface area contributed by atoms with E-state index in [0.29, 0.717) is 5.56 Å². The molecule has 1 heterocycles. The molecular weight excluding hydrogens is 380 g/mol. The number of sulfonamides is 2. The summed E-state index contributed by atoms with van der Waals surface area (Å²) in [5.74, 6) is -0.813. The Bertz CT molecular complexity index is 1120. The summed E-state index contributed by atoms with van der Waals surface area (Å²) in [7, 11) is -6.44. The third kappa shape index (κ3) is 3.19. The van der Waals surface area contributed by atoms with Crippen molar-refractivity contribution < 1.29 is 21.6 Å². The molecule has 0 spiro atoms. The molecule has 26 heavy (non-hydrogen) atoms. The van der Waals surface area contributed by atoms with Gasteiger partial charge in [0.05, 0.1) is 10.5 Å². The van der Waals surface area contributed by atoms with Crippen LogP contribution in [0.25, 0.3) is 0 Å². The van der Waals surface area contributed by atoms with E-state index < -0.39 is 26.0 Å². The lowest BCUT2D eigenvalue weighted by molar-refractivity contribution is 0.0940. The minimum atomic E-state index is -3.84. The van der Waals surface area contributed by atoms with Gasteiger partial charge in [-0.05, 0) is 31.3 Å². The molecule has 1 aliphatic heterocycles. The van der Waals surface area contributed by atoms with Crippen molar-refractivity contribution in [2.75, 3.05) is 7.05 Å². The third-order valence-electron chi connectivity index (χ3n) is 3.62. The van der Waals surface area contributed by atoms with Gasteiger partial charge < -0.3 is 0 Å². The van der Waals surface area contributed by atoms with Crippen LogP contribution in [-0.4, -0.2) is 35.6 Å². The van der Waals surface area contributed by atoms with Gasteiger partial charge in [0.2, 0.25) is 10.0 Å². The molecule has 9 nitrogen and oxygen atoms in total. The molecule has 0 saturated heterocycles. The van der Waals surface area contributed by atoms with E-state index in [0.717, 1.165) is 0 Å². The number of nitrogens with one attached hydrogen (secondary N) is 3. The monoisotopic (exact) mass is 394 g/mol. The molecule has 0 unspecified atom stereocenters. The Morgan fingerprint density at radius 3 is 2.42 bits per heavy atom. The lowest BCUT2D eigenvalue weighted by Gasteiger charge is -2.11. The van der Waals surface area contributed by atoms with E-state index in [1.807, 2.05) is 0 Å². The average molecular weight is 394 g/mol. The molecule has 136 valence electrons. The number of amidine groups is 1. The molecular formula is C15H14N4O5S2. The minimum Gasteiger partial charge on any atom is -0.280 e. The molecule has 0 aliphatic carbocycles. The Labute approximate surface area is 150 Å². The molecule has 1 amide bonds. The molecule has 0 saturated carbocycles. The van der Waals surface area contributed by atoms with Crippen molar-refractivity contribution in [3.63, 3.8) is 0 Å². The van der Waals surface area contributed by atoms with Crippen LogP contribution in [-0.2, 0) is 20.0 Å². The first-order valence-electron chi connectivity index (χ1n) is 7.29. The highest BCUT2D eigenvalue weighted by Crippen LogP contribution is 2.24. The van der Waals surface area contributed by atoms with Gasteiger partial charge in [0, 0.05) is 5.56 Å². The minimum absolute atomic E-state index is 0.0231. The second kappa shape index (κ2) is 6.52. The van der Waals surface area contributed by atoms with Crippen LogP contribution in [0.2, 0.25) is 0 Å². The molecule has 11 heteroatoms. The molecule has 0 radical (unpaired) electrons. The molecule has 0 atom stereocenters. The van der Waals surface area contributed by atoms with Gasteiger partial charge >= 0.3 is 0 Å². The highest BCUT2D eigenvalue weighted by atomic mass is 32.2. The van der Waals surface area contributed by atoms with Gasteiger partial charge in [-0.15, -0.1) is 4.40 Å². The van der Waals surface area contributed by atoms with Crippen LogP contribution < -0.4 is 15.6 Å². The van der Waals surface area contributed by atoms with Crippen LogP contribution in [0, 0.1) is 0 Å². The summed E-state index contributed by atoms with van der Waals surface area (Å²) in [6.07, 6.45) is 0. The van der Waals surface area contributed by atoms with E-state index in [4.69, 9.17) is 0 Å². The number of benzene rings is 2.